The van der Waals surface area contributed by atoms with Gasteiger partial charge in [0.15, 0.2) is 15.6 Å². The third kappa shape index (κ3) is 3.69. The van der Waals surface area contributed by atoms with Crippen LogP contribution >= 0.6 is 0 Å². The van der Waals surface area contributed by atoms with E-state index < -0.39 is 25.4 Å². The molecule has 1 aliphatic rings. The van der Waals surface area contributed by atoms with E-state index in [1.165, 1.54) is 31.2 Å². The van der Waals surface area contributed by atoms with Crippen molar-refractivity contribution in [3.8, 4) is 0 Å². The molecule has 1 aliphatic heterocycles. The fourth-order valence-electron chi connectivity index (χ4n) is 2.34. The van der Waals surface area contributed by atoms with Crippen LogP contribution in [-0.2, 0) is 19.9 Å². The highest BCUT2D eigenvalue weighted by Gasteiger charge is 2.41. The summed E-state index contributed by atoms with van der Waals surface area (Å²) >= 11 is 0. The van der Waals surface area contributed by atoms with E-state index in [1.54, 1.807) is 6.92 Å². The standard InChI is InChI=1S/C13H17NO5S2/c1-10(15)11-3-5-12(6-4-11)21(18,19)14-13(2)7-8-20(16,17)9-13/h3-6,14H,7-9H2,1-2H3/t13-/m0/s1. The average Bonchev–Trinajstić information content (AvgIpc) is 2.62. The Kier molecular flexibility index (Phi) is 3.98. The van der Waals surface area contributed by atoms with Gasteiger partial charge in [-0.3, -0.25) is 4.79 Å². The van der Waals surface area contributed by atoms with E-state index in [-0.39, 0.29) is 28.6 Å². The average molecular weight is 331 g/mol. The number of sulfone groups is 1. The van der Waals surface area contributed by atoms with Crippen molar-refractivity contribution < 1.29 is 21.6 Å². The smallest absolute Gasteiger partial charge is 0.241 e. The van der Waals surface area contributed by atoms with Gasteiger partial charge < -0.3 is 0 Å². The van der Waals surface area contributed by atoms with Crippen molar-refractivity contribution >= 4 is 25.6 Å². The first-order chi connectivity index (χ1) is 9.53. The summed E-state index contributed by atoms with van der Waals surface area (Å²) in [6, 6.07) is 5.55. The number of carbonyl (C=O) groups excluding carboxylic acids is 1. The predicted octanol–water partition coefficient (Wildman–Crippen LogP) is 0.745. The zero-order valence-electron chi connectivity index (χ0n) is 11.8. The van der Waals surface area contributed by atoms with E-state index in [9.17, 15) is 21.6 Å². The third-order valence-corrected chi connectivity index (χ3v) is 7.01. The summed E-state index contributed by atoms with van der Waals surface area (Å²) in [4.78, 5) is 11.2. The van der Waals surface area contributed by atoms with Gasteiger partial charge in [-0.2, -0.15) is 0 Å². The second-order valence-corrected chi connectivity index (χ2v) is 9.46. The van der Waals surface area contributed by atoms with Crippen molar-refractivity contribution in [3.63, 3.8) is 0 Å². The lowest BCUT2D eigenvalue weighted by atomic mass is 10.0. The maximum atomic E-state index is 12.3. The molecule has 0 aromatic heterocycles. The summed E-state index contributed by atoms with van der Waals surface area (Å²) in [5, 5.41) is 0. The molecule has 116 valence electrons. The van der Waals surface area contributed by atoms with Crippen LogP contribution in [0.15, 0.2) is 29.2 Å². The van der Waals surface area contributed by atoms with Crippen LogP contribution in [0.25, 0.3) is 0 Å². The molecule has 1 atom stereocenters. The summed E-state index contributed by atoms with van der Waals surface area (Å²) in [6.07, 6.45) is 0.250. The molecule has 1 heterocycles. The Balaban J connectivity index is 2.25. The second-order valence-electron chi connectivity index (χ2n) is 5.59. The minimum atomic E-state index is -3.82. The van der Waals surface area contributed by atoms with Crippen LogP contribution < -0.4 is 4.72 Å². The van der Waals surface area contributed by atoms with Crippen LogP contribution in [0.3, 0.4) is 0 Å². The van der Waals surface area contributed by atoms with Crippen molar-refractivity contribution in [1.29, 1.82) is 0 Å². The lowest BCUT2D eigenvalue weighted by molar-refractivity contribution is 0.101. The minimum Gasteiger partial charge on any atom is -0.295 e. The number of hydrogen-bond donors (Lipinski definition) is 1. The molecule has 1 N–H and O–H groups in total. The number of nitrogens with one attached hydrogen (secondary N) is 1. The van der Waals surface area contributed by atoms with E-state index in [0.717, 1.165) is 0 Å². The molecule has 21 heavy (non-hydrogen) atoms. The number of hydrogen-bond acceptors (Lipinski definition) is 5. The quantitative estimate of drug-likeness (QED) is 0.821. The van der Waals surface area contributed by atoms with Crippen LogP contribution in [0, 0.1) is 0 Å². The van der Waals surface area contributed by atoms with E-state index in [2.05, 4.69) is 4.72 Å². The number of rotatable bonds is 4. The Morgan fingerprint density at radius 1 is 1.24 bits per heavy atom. The molecule has 0 saturated carbocycles. The summed E-state index contributed by atoms with van der Waals surface area (Å²) < 4.78 is 50.1. The van der Waals surface area contributed by atoms with Gasteiger partial charge in [0.1, 0.15) is 0 Å². The minimum absolute atomic E-state index is 0.0121. The molecule has 0 bridgehead atoms. The fourth-order valence-corrected chi connectivity index (χ4v) is 5.96. The maximum Gasteiger partial charge on any atom is 0.241 e. The highest BCUT2D eigenvalue weighted by atomic mass is 32.2. The van der Waals surface area contributed by atoms with Gasteiger partial charge in [0.05, 0.1) is 16.4 Å². The monoisotopic (exact) mass is 331 g/mol. The lowest BCUT2D eigenvalue weighted by Crippen LogP contribution is -2.46. The van der Waals surface area contributed by atoms with Crippen LogP contribution in [0.1, 0.15) is 30.6 Å². The molecule has 1 saturated heterocycles. The Morgan fingerprint density at radius 2 is 1.81 bits per heavy atom. The Morgan fingerprint density at radius 3 is 2.24 bits per heavy atom. The third-order valence-electron chi connectivity index (χ3n) is 3.46. The van der Waals surface area contributed by atoms with Crippen LogP contribution in [-0.4, -0.2) is 39.7 Å². The lowest BCUT2D eigenvalue weighted by Gasteiger charge is -2.23. The van der Waals surface area contributed by atoms with Gasteiger partial charge in [0.2, 0.25) is 10.0 Å². The van der Waals surface area contributed by atoms with Crippen molar-refractivity contribution in [2.75, 3.05) is 11.5 Å². The highest BCUT2D eigenvalue weighted by Crippen LogP contribution is 2.25. The summed E-state index contributed by atoms with van der Waals surface area (Å²) in [6.45, 7) is 2.98. The number of sulfonamides is 1. The number of Topliss-reactive ketones (excluding diaryl/α,β-unsaturated/α-hetero) is 1. The molecule has 0 radical (unpaired) electrons. The van der Waals surface area contributed by atoms with Gasteiger partial charge in [-0.15, -0.1) is 0 Å². The van der Waals surface area contributed by atoms with Gasteiger partial charge in [0, 0.05) is 11.1 Å². The first-order valence-corrected chi connectivity index (χ1v) is 9.69. The van der Waals surface area contributed by atoms with Crippen molar-refractivity contribution in [2.45, 2.75) is 30.7 Å². The van der Waals surface area contributed by atoms with Gasteiger partial charge in [-0.05, 0) is 32.4 Å². The topological polar surface area (TPSA) is 97.4 Å². The molecule has 0 amide bonds. The molecule has 0 unspecified atom stereocenters. The van der Waals surface area contributed by atoms with Crippen molar-refractivity contribution in [3.05, 3.63) is 29.8 Å². The van der Waals surface area contributed by atoms with Crippen LogP contribution in [0.2, 0.25) is 0 Å². The molecule has 6 nitrogen and oxygen atoms in total. The van der Waals surface area contributed by atoms with Gasteiger partial charge >= 0.3 is 0 Å². The largest absolute Gasteiger partial charge is 0.295 e. The van der Waals surface area contributed by atoms with Crippen molar-refractivity contribution in [2.24, 2.45) is 0 Å². The first kappa shape index (κ1) is 16.1. The molecular weight excluding hydrogens is 314 g/mol. The van der Waals surface area contributed by atoms with E-state index >= 15 is 0 Å². The van der Waals surface area contributed by atoms with Crippen LogP contribution in [0.5, 0.6) is 0 Å². The number of benzene rings is 1. The second kappa shape index (κ2) is 5.19. The Bertz CT molecular complexity index is 765. The molecule has 1 aromatic rings. The summed E-state index contributed by atoms with van der Waals surface area (Å²) in [5.74, 6) is -0.374. The predicted molar refractivity (Wildman–Crippen MR) is 78.4 cm³/mol. The fraction of sp³-hybridized carbons (Fsp3) is 0.462. The van der Waals surface area contributed by atoms with E-state index in [4.69, 9.17) is 0 Å². The Labute approximate surface area is 124 Å². The zero-order valence-corrected chi connectivity index (χ0v) is 13.4. The highest BCUT2D eigenvalue weighted by molar-refractivity contribution is 7.92. The molecule has 1 aromatic carbocycles. The molecule has 1 fully saturated rings. The molecule has 8 heteroatoms. The van der Waals surface area contributed by atoms with Gasteiger partial charge in [-0.25, -0.2) is 21.6 Å². The number of carbonyl (C=O) groups is 1. The van der Waals surface area contributed by atoms with Gasteiger partial charge in [-0.1, -0.05) is 12.1 Å². The number of ketones is 1. The summed E-state index contributed by atoms with van der Waals surface area (Å²) in [7, 11) is -7.02. The van der Waals surface area contributed by atoms with E-state index in [0.29, 0.717) is 5.56 Å². The van der Waals surface area contributed by atoms with Gasteiger partial charge in [0.25, 0.3) is 0 Å². The SMILES string of the molecule is CC(=O)c1ccc(S(=O)(=O)N[C@@]2(C)CCS(=O)(=O)C2)cc1. The zero-order chi connectivity index (χ0) is 15.9. The summed E-state index contributed by atoms with van der Waals surface area (Å²) in [5.41, 5.74) is -0.569. The molecule has 0 aliphatic carbocycles. The van der Waals surface area contributed by atoms with Crippen molar-refractivity contribution in [1.82, 2.24) is 4.72 Å². The first-order valence-electron chi connectivity index (χ1n) is 6.38. The van der Waals surface area contributed by atoms with Crippen LogP contribution in [0.4, 0.5) is 0 Å². The molecule has 0 spiro atoms. The normalized spacial score (nSPS) is 24.9. The molecular formula is C13H17NO5S2. The Hall–Kier alpha value is -1.25. The maximum absolute atomic E-state index is 12.3. The van der Waals surface area contributed by atoms with E-state index in [1.807, 2.05) is 0 Å². The molecule has 2 rings (SSSR count).